The van der Waals surface area contributed by atoms with Gasteiger partial charge in [-0.3, -0.25) is 9.89 Å². The van der Waals surface area contributed by atoms with E-state index in [9.17, 15) is 9.18 Å². The predicted molar refractivity (Wildman–Crippen MR) is 81.0 cm³/mol. The molecule has 0 saturated heterocycles. The van der Waals surface area contributed by atoms with E-state index in [0.717, 1.165) is 12.2 Å². The molecule has 7 heteroatoms. The lowest BCUT2D eigenvalue weighted by atomic mass is 10.2. The van der Waals surface area contributed by atoms with Crippen molar-refractivity contribution < 1.29 is 13.6 Å². The molecule has 23 heavy (non-hydrogen) atoms. The van der Waals surface area contributed by atoms with Gasteiger partial charge >= 0.3 is 0 Å². The molecule has 1 aromatic carbocycles. The maximum absolute atomic E-state index is 12.9. The van der Waals surface area contributed by atoms with E-state index in [-0.39, 0.29) is 24.0 Å². The minimum Gasteiger partial charge on any atom is -0.456 e. The molecule has 0 bridgehead atoms. The molecule has 0 aliphatic heterocycles. The van der Waals surface area contributed by atoms with Crippen LogP contribution in [0.15, 0.2) is 40.8 Å². The fraction of sp³-hybridized carbons (Fsp3) is 0.188. The molecule has 0 radical (unpaired) electrons. The Balaban J connectivity index is 1.63. The molecular weight excluding hydrogens is 299 g/mol. The van der Waals surface area contributed by atoms with Crippen molar-refractivity contribution in [2.45, 2.75) is 19.9 Å². The van der Waals surface area contributed by atoms with Crippen LogP contribution in [0.3, 0.4) is 0 Å². The quantitative estimate of drug-likeness (QED) is 0.758. The zero-order valence-corrected chi connectivity index (χ0v) is 12.5. The van der Waals surface area contributed by atoms with E-state index in [1.807, 2.05) is 6.92 Å². The molecule has 0 unspecified atom stereocenters. The van der Waals surface area contributed by atoms with Crippen LogP contribution < -0.4 is 5.32 Å². The molecule has 3 aromatic rings. The first-order chi connectivity index (χ1) is 11.2. The molecule has 0 atom stereocenters. The maximum Gasteiger partial charge on any atom is 0.287 e. The minimum absolute atomic E-state index is 0.190. The summed E-state index contributed by atoms with van der Waals surface area (Å²) in [5.41, 5.74) is 0.693. The second-order valence-electron chi connectivity index (χ2n) is 4.91. The number of nitrogens with one attached hydrogen (secondary N) is 2. The molecule has 0 aliphatic rings. The zero-order valence-electron chi connectivity index (χ0n) is 12.5. The molecule has 0 saturated carbocycles. The number of hydrogen-bond donors (Lipinski definition) is 2. The van der Waals surface area contributed by atoms with Gasteiger partial charge in [0.05, 0.1) is 6.54 Å². The van der Waals surface area contributed by atoms with Crippen molar-refractivity contribution in [1.29, 1.82) is 0 Å². The summed E-state index contributed by atoms with van der Waals surface area (Å²) in [5.74, 6) is 1.33. The summed E-state index contributed by atoms with van der Waals surface area (Å²) in [5, 5.41) is 9.49. The number of hydrogen-bond acceptors (Lipinski definition) is 4. The molecule has 0 fully saturated rings. The number of amides is 1. The first kappa shape index (κ1) is 15.0. The van der Waals surface area contributed by atoms with E-state index in [1.54, 1.807) is 24.3 Å². The molecule has 2 heterocycles. The Morgan fingerprint density at radius 2 is 2.04 bits per heavy atom. The molecular formula is C16H15FN4O2. The van der Waals surface area contributed by atoms with Crippen molar-refractivity contribution in [3.8, 4) is 11.4 Å². The summed E-state index contributed by atoms with van der Waals surface area (Å²) in [6.45, 7) is 2.14. The number of carbonyl (C=O) groups excluding carboxylic acids is 1. The highest BCUT2D eigenvalue weighted by Gasteiger charge is 2.12. The third kappa shape index (κ3) is 3.45. The molecule has 1 amide bonds. The monoisotopic (exact) mass is 314 g/mol. The van der Waals surface area contributed by atoms with Gasteiger partial charge in [-0.2, -0.15) is 5.10 Å². The second-order valence-corrected chi connectivity index (χ2v) is 4.91. The lowest BCUT2D eigenvalue weighted by molar-refractivity contribution is 0.0920. The van der Waals surface area contributed by atoms with Gasteiger partial charge in [0, 0.05) is 12.0 Å². The Morgan fingerprint density at radius 3 is 2.74 bits per heavy atom. The van der Waals surface area contributed by atoms with Gasteiger partial charge in [-0.05, 0) is 36.4 Å². The molecule has 0 aliphatic carbocycles. The summed E-state index contributed by atoms with van der Waals surface area (Å²) in [6.07, 6.45) is 0.733. The summed E-state index contributed by atoms with van der Waals surface area (Å²) in [6, 6.07) is 9.28. The van der Waals surface area contributed by atoms with E-state index in [2.05, 4.69) is 20.5 Å². The molecule has 2 N–H and O–H groups in total. The highest BCUT2D eigenvalue weighted by atomic mass is 19.1. The molecule has 118 valence electrons. The van der Waals surface area contributed by atoms with Crippen molar-refractivity contribution in [3.05, 3.63) is 59.6 Å². The number of halogens is 1. The smallest absolute Gasteiger partial charge is 0.287 e. The summed E-state index contributed by atoms with van der Waals surface area (Å²) < 4.78 is 18.3. The summed E-state index contributed by atoms with van der Waals surface area (Å²) >= 11 is 0. The molecule has 3 rings (SSSR count). The Morgan fingerprint density at radius 1 is 1.26 bits per heavy atom. The Hall–Kier alpha value is -2.96. The van der Waals surface area contributed by atoms with Crippen molar-refractivity contribution >= 4 is 5.91 Å². The average Bonchev–Trinajstić information content (AvgIpc) is 3.22. The van der Waals surface area contributed by atoms with Crippen molar-refractivity contribution in [1.82, 2.24) is 20.5 Å². The maximum atomic E-state index is 12.9. The first-order valence-electron chi connectivity index (χ1n) is 7.20. The summed E-state index contributed by atoms with van der Waals surface area (Å²) in [7, 11) is 0. The fourth-order valence-corrected chi connectivity index (χ4v) is 2.04. The predicted octanol–water partition coefficient (Wildman–Crippen LogP) is 2.70. The number of aromatic nitrogens is 3. The fourth-order valence-electron chi connectivity index (χ4n) is 2.04. The lowest BCUT2D eigenvalue weighted by Gasteiger charge is -1.99. The van der Waals surface area contributed by atoms with Crippen LogP contribution in [-0.4, -0.2) is 21.1 Å². The van der Waals surface area contributed by atoms with Gasteiger partial charge in [-0.1, -0.05) is 6.92 Å². The van der Waals surface area contributed by atoms with Crippen LogP contribution in [0.2, 0.25) is 0 Å². The molecule has 2 aromatic heterocycles. The first-order valence-corrected chi connectivity index (χ1v) is 7.20. The standard InChI is InChI=1S/C16H15FN4O2/c1-2-12-7-8-13(23-12)16(22)18-9-14-19-15(21-20-14)10-3-5-11(17)6-4-10/h3-8H,2,9H2,1H3,(H,18,22)(H,19,20,21). The number of furan rings is 1. The van der Waals surface area contributed by atoms with Gasteiger partial charge in [0.1, 0.15) is 17.4 Å². The highest BCUT2D eigenvalue weighted by Crippen LogP contribution is 2.15. The molecule has 6 nitrogen and oxygen atoms in total. The number of aromatic amines is 1. The summed E-state index contributed by atoms with van der Waals surface area (Å²) in [4.78, 5) is 16.2. The van der Waals surface area contributed by atoms with E-state index < -0.39 is 0 Å². The van der Waals surface area contributed by atoms with Crippen molar-refractivity contribution in [3.63, 3.8) is 0 Å². The third-order valence-corrected chi connectivity index (χ3v) is 3.28. The zero-order chi connectivity index (χ0) is 16.2. The van der Waals surface area contributed by atoms with E-state index in [4.69, 9.17) is 4.42 Å². The Bertz CT molecular complexity index is 808. The number of benzene rings is 1. The van der Waals surface area contributed by atoms with Gasteiger partial charge in [-0.15, -0.1) is 0 Å². The minimum atomic E-state index is -0.318. The largest absolute Gasteiger partial charge is 0.456 e. The lowest BCUT2D eigenvalue weighted by Crippen LogP contribution is -2.22. The van der Waals surface area contributed by atoms with E-state index in [1.165, 1.54) is 12.1 Å². The van der Waals surface area contributed by atoms with Crippen molar-refractivity contribution in [2.75, 3.05) is 0 Å². The van der Waals surface area contributed by atoms with Crippen molar-refractivity contribution in [2.24, 2.45) is 0 Å². The van der Waals surface area contributed by atoms with Gasteiger partial charge < -0.3 is 9.73 Å². The van der Waals surface area contributed by atoms with Crippen LogP contribution in [0.5, 0.6) is 0 Å². The topological polar surface area (TPSA) is 83.8 Å². The Labute approximate surface area is 131 Å². The van der Waals surface area contributed by atoms with Crippen LogP contribution in [0.25, 0.3) is 11.4 Å². The molecule has 0 spiro atoms. The van der Waals surface area contributed by atoms with Gasteiger partial charge in [0.2, 0.25) is 0 Å². The number of rotatable bonds is 5. The number of H-pyrrole nitrogens is 1. The second kappa shape index (κ2) is 6.43. The number of nitrogens with zero attached hydrogens (tertiary/aromatic N) is 2. The normalized spacial score (nSPS) is 10.7. The highest BCUT2D eigenvalue weighted by molar-refractivity contribution is 5.91. The van der Waals surface area contributed by atoms with Gasteiger partial charge in [-0.25, -0.2) is 9.37 Å². The van der Waals surface area contributed by atoms with Crippen LogP contribution in [0.1, 0.15) is 29.1 Å². The average molecular weight is 314 g/mol. The number of carbonyl (C=O) groups is 1. The Kier molecular flexibility index (Phi) is 4.18. The van der Waals surface area contributed by atoms with Crippen LogP contribution in [0.4, 0.5) is 4.39 Å². The van der Waals surface area contributed by atoms with Crippen LogP contribution in [0, 0.1) is 5.82 Å². The van der Waals surface area contributed by atoms with E-state index in [0.29, 0.717) is 17.2 Å². The number of aryl methyl sites for hydroxylation is 1. The third-order valence-electron chi connectivity index (χ3n) is 3.28. The van der Waals surface area contributed by atoms with Crippen LogP contribution >= 0.6 is 0 Å². The van der Waals surface area contributed by atoms with Gasteiger partial charge in [0.15, 0.2) is 11.6 Å². The van der Waals surface area contributed by atoms with Gasteiger partial charge in [0.25, 0.3) is 5.91 Å². The SMILES string of the molecule is CCc1ccc(C(=O)NCc2nc(-c3ccc(F)cc3)n[nH]2)o1. The van der Waals surface area contributed by atoms with Crippen LogP contribution in [-0.2, 0) is 13.0 Å². The van der Waals surface area contributed by atoms with E-state index >= 15 is 0 Å².